The van der Waals surface area contributed by atoms with E-state index in [0.29, 0.717) is 18.1 Å². The smallest absolute Gasteiger partial charge is 0.0667 e. The monoisotopic (exact) mass is 248 g/mol. The lowest BCUT2D eigenvalue weighted by molar-refractivity contribution is -0.0418. The molecule has 4 rings (SSSR count). The molecule has 2 aliphatic heterocycles. The fraction of sp³-hybridized carbons (Fsp3) is 0.875. The zero-order valence-corrected chi connectivity index (χ0v) is 11.6. The van der Waals surface area contributed by atoms with Crippen LogP contribution in [0.4, 0.5) is 0 Å². The van der Waals surface area contributed by atoms with E-state index in [2.05, 4.69) is 32.9 Å². The summed E-state index contributed by atoms with van der Waals surface area (Å²) >= 11 is 0. The number of hydrogen-bond acceptors (Lipinski definition) is 2. The fourth-order valence-corrected chi connectivity index (χ4v) is 4.86. The third-order valence-electron chi connectivity index (χ3n) is 5.45. The zero-order valence-electron chi connectivity index (χ0n) is 11.6. The van der Waals surface area contributed by atoms with Gasteiger partial charge in [-0.2, -0.15) is 0 Å². The predicted molar refractivity (Wildman–Crippen MR) is 70.2 cm³/mol. The molecule has 2 saturated heterocycles. The van der Waals surface area contributed by atoms with Crippen molar-refractivity contribution in [2.45, 2.75) is 51.4 Å². The van der Waals surface area contributed by atoms with E-state index in [-0.39, 0.29) is 5.60 Å². The summed E-state index contributed by atoms with van der Waals surface area (Å²) in [6.45, 7) is 7.31. The van der Waals surface area contributed by atoms with Crippen molar-refractivity contribution in [3.8, 4) is 0 Å². The Balaban J connectivity index is 1.47. The Morgan fingerprint density at radius 1 is 1.11 bits per heavy atom. The molecule has 3 fully saturated rings. The normalized spacial score (nSPS) is 52.3. The van der Waals surface area contributed by atoms with E-state index in [4.69, 9.17) is 9.47 Å². The van der Waals surface area contributed by atoms with Crippen molar-refractivity contribution < 1.29 is 9.47 Å². The average Bonchev–Trinajstić information content (AvgIpc) is 3.02. The Bertz CT molecular complexity index is 381. The van der Waals surface area contributed by atoms with Crippen molar-refractivity contribution in [3.63, 3.8) is 0 Å². The molecule has 4 aliphatic rings. The fourth-order valence-electron chi connectivity index (χ4n) is 4.86. The molecule has 4 bridgehead atoms. The van der Waals surface area contributed by atoms with Crippen molar-refractivity contribution in [2.24, 2.45) is 29.6 Å². The van der Waals surface area contributed by atoms with Crippen molar-refractivity contribution >= 4 is 0 Å². The van der Waals surface area contributed by atoms with Crippen LogP contribution in [0.2, 0.25) is 0 Å². The molecular weight excluding hydrogens is 224 g/mol. The van der Waals surface area contributed by atoms with Gasteiger partial charge in [0.25, 0.3) is 0 Å². The molecule has 0 spiro atoms. The molecule has 7 unspecified atom stereocenters. The highest BCUT2D eigenvalue weighted by Crippen LogP contribution is 2.61. The number of ether oxygens (including phenoxy) is 2. The van der Waals surface area contributed by atoms with Crippen molar-refractivity contribution in [3.05, 3.63) is 12.2 Å². The van der Waals surface area contributed by atoms with Crippen LogP contribution in [-0.4, -0.2) is 24.4 Å². The van der Waals surface area contributed by atoms with Crippen molar-refractivity contribution in [1.82, 2.24) is 0 Å². The van der Waals surface area contributed by atoms with E-state index in [1.165, 1.54) is 12.8 Å². The number of allylic oxidation sites excluding steroid dienone is 2. The largest absolute Gasteiger partial charge is 0.375 e. The van der Waals surface area contributed by atoms with Crippen molar-refractivity contribution in [1.29, 1.82) is 0 Å². The van der Waals surface area contributed by atoms with Gasteiger partial charge < -0.3 is 9.47 Å². The molecular formula is C16H24O2. The lowest BCUT2D eigenvalue weighted by Crippen LogP contribution is -2.38. The van der Waals surface area contributed by atoms with Gasteiger partial charge in [-0.25, -0.2) is 0 Å². The van der Waals surface area contributed by atoms with E-state index in [1.54, 1.807) is 0 Å². The first-order chi connectivity index (χ1) is 8.53. The lowest BCUT2D eigenvalue weighted by atomic mass is 9.70. The summed E-state index contributed by atoms with van der Waals surface area (Å²) in [5.41, 5.74) is -0.0180. The minimum Gasteiger partial charge on any atom is -0.375 e. The van der Waals surface area contributed by atoms with E-state index >= 15 is 0 Å². The quantitative estimate of drug-likeness (QED) is 0.699. The van der Waals surface area contributed by atoms with Gasteiger partial charge in [-0.05, 0) is 57.3 Å². The van der Waals surface area contributed by atoms with Gasteiger partial charge in [0.1, 0.15) is 0 Å². The molecule has 7 atom stereocenters. The Morgan fingerprint density at radius 3 is 2.56 bits per heavy atom. The first kappa shape index (κ1) is 11.5. The second-order valence-electron chi connectivity index (χ2n) is 7.66. The Labute approximate surface area is 110 Å². The van der Waals surface area contributed by atoms with Gasteiger partial charge in [-0.15, -0.1) is 0 Å². The summed E-state index contributed by atoms with van der Waals surface area (Å²) in [4.78, 5) is 0. The van der Waals surface area contributed by atoms with Crippen LogP contribution < -0.4 is 0 Å². The minimum absolute atomic E-state index is 0.0180. The maximum atomic E-state index is 6.28. The SMILES string of the molecule is CC(C)(C)OCC1CC2OC1C1C3C=CC(C3)C21. The van der Waals surface area contributed by atoms with Gasteiger partial charge in [-0.3, -0.25) is 0 Å². The first-order valence-electron chi connectivity index (χ1n) is 7.51. The summed E-state index contributed by atoms with van der Waals surface area (Å²) < 4.78 is 12.3. The van der Waals surface area contributed by atoms with Crippen LogP contribution in [0.5, 0.6) is 0 Å². The third-order valence-corrected chi connectivity index (χ3v) is 5.45. The van der Waals surface area contributed by atoms with Crippen LogP contribution in [0, 0.1) is 29.6 Å². The molecule has 1 saturated carbocycles. The van der Waals surface area contributed by atoms with E-state index in [1.807, 2.05) is 0 Å². The van der Waals surface area contributed by atoms with Crippen molar-refractivity contribution in [2.75, 3.05) is 6.61 Å². The first-order valence-corrected chi connectivity index (χ1v) is 7.51. The molecule has 2 heteroatoms. The zero-order chi connectivity index (χ0) is 12.5. The van der Waals surface area contributed by atoms with Gasteiger partial charge in [0.05, 0.1) is 24.4 Å². The second-order valence-corrected chi connectivity index (χ2v) is 7.66. The number of fused-ring (bicyclic) bond motifs is 9. The summed E-state index contributed by atoms with van der Waals surface area (Å²) in [5.74, 6) is 3.94. The molecule has 0 radical (unpaired) electrons. The van der Waals surface area contributed by atoms with E-state index < -0.39 is 0 Å². The summed E-state index contributed by atoms with van der Waals surface area (Å²) in [6.07, 6.45) is 8.57. The molecule has 2 nitrogen and oxygen atoms in total. The van der Waals surface area contributed by atoms with Gasteiger partial charge in [0.15, 0.2) is 0 Å². The van der Waals surface area contributed by atoms with Gasteiger partial charge in [0.2, 0.25) is 0 Å². The summed E-state index contributed by atoms with van der Waals surface area (Å²) in [5, 5.41) is 0. The van der Waals surface area contributed by atoms with Crippen LogP contribution in [-0.2, 0) is 9.47 Å². The maximum absolute atomic E-state index is 6.28. The summed E-state index contributed by atoms with van der Waals surface area (Å²) in [6, 6.07) is 0. The molecule has 0 aromatic rings. The van der Waals surface area contributed by atoms with E-state index in [0.717, 1.165) is 30.3 Å². The minimum atomic E-state index is -0.0180. The van der Waals surface area contributed by atoms with Crippen LogP contribution in [0.3, 0.4) is 0 Å². The molecule has 100 valence electrons. The van der Waals surface area contributed by atoms with Gasteiger partial charge in [-0.1, -0.05) is 12.2 Å². The maximum Gasteiger partial charge on any atom is 0.0667 e. The second kappa shape index (κ2) is 3.61. The van der Waals surface area contributed by atoms with Crippen LogP contribution >= 0.6 is 0 Å². The third kappa shape index (κ3) is 1.55. The molecule has 0 aromatic heterocycles. The highest BCUT2D eigenvalue weighted by atomic mass is 16.5. The molecule has 18 heavy (non-hydrogen) atoms. The Morgan fingerprint density at radius 2 is 1.83 bits per heavy atom. The average molecular weight is 248 g/mol. The molecule has 0 amide bonds. The Kier molecular flexibility index (Phi) is 2.30. The number of hydrogen-bond donors (Lipinski definition) is 0. The molecule has 2 heterocycles. The van der Waals surface area contributed by atoms with Crippen LogP contribution in [0.1, 0.15) is 33.6 Å². The van der Waals surface area contributed by atoms with Gasteiger partial charge in [0, 0.05) is 5.92 Å². The highest BCUT2D eigenvalue weighted by Gasteiger charge is 2.62. The Hall–Kier alpha value is -0.340. The predicted octanol–water partition coefficient (Wildman–Crippen LogP) is 3.03. The molecule has 0 aromatic carbocycles. The van der Waals surface area contributed by atoms with E-state index in [9.17, 15) is 0 Å². The highest BCUT2D eigenvalue weighted by molar-refractivity contribution is 5.21. The number of rotatable bonds is 2. The van der Waals surface area contributed by atoms with Crippen LogP contribution in [0.15, 0.2) is 12.2 Å². The van der Waals surface area contributed by atoms with Crippen LogP contribution in [0.25, 0.3) is 0 Å². The molecule has 0 N–H and O–H groups in total. The summed E-state index contributed by atoms with van der Waals surface area (Å²) in [7, 11) is 0. The standard InChI is InChI=1S/C16H24O2/c1-16(2,3)17-8-11-7-12-13-9-4-5-10(6-9)14(13)15(11)18-12/h4-5,9-15H,6-8H2,1-3H3. The molecule has 2 aliphatic carbocycles. The van der Waals surface area contributed by atoms with Gasteiger partial charge >= 0.3 is 0 Å². The topological polar surface area (TPSA) is 18.5 Å². The lowest BCUT2D eigenvalue weighted by Gasteiger charge is -2.34.